The summed E-state index contributed by atoms with van der Waals surface area (Å²) in [5.74, 6) is 0.864. The fraction of sp³-hybridized carbons (Fsp3) is 0.310. The van der Waals surface area contributed by atoms with Gasteiger partial charge in [0.25, 0.3) is 0 Å². The highest BCUT2D eigenvalue weighted by Gasteiger charge is 2.38. The number of aromatic nitrogens is 2. The first kappa shape index (κ1) is 25.7. The van der Waals surface area contributed by atoms with Crippen molar-refractivity contribution in [3.63, 3.8) is 0 Å². The fourth-order valence-electron chi connectivity index (χ4n) is 4.43. The zero-order valence-electron chi connectivity index (χ0n) is 21.2. The zero-order valence-corrected chi connectivity index (χ0v) is 22.0. The molecule has 0 aliphatic heterocycles. The molecule has 0 radical (unpaired) electrons. The van der Waals surface area contributed by atoms with E-state index < -0.39 is 0 Å². The van der Waals surface area contributed by atoms with E-state index in [4.69, 9.17) is 10.7 Å². The van der Waals surface area contributed by atoms with Crippen LogP contribution in [-0.4, -0.2) is 33.6 Å². The lowest BCUT2D eigenvalue weighted by Gasteiger charge is -2.40. The average Bonchev–Trinajstić information content (AvgIpc) is 3.52. The second-order valence-electron chi connectivity index (χ2n) is 9.98. The Morgan fingerprint density at radius 3 is 2.36 bits per heavy atom. The minimum atomic E-state index is -0.283. The Morgan fingerprint density at radius 1 is 1.06 bits per heavy atom. The van der Waals surface area contributed by atoms with Crippen molar-refractivity contribution in [1.82, 2.24) is 14.5 Å². The number of carbonyl (C=O) groups is 1. The van der Waals surface area contributed by atoms with Crippen molar-refractivity contribution in [3.05, 3.63) is 95.8 Å². The van der Waals surface area contributed by atoms with E-state index in [1.807, 2.05) is 58.8 Å². The summed E-state index contributed by atoms with van der Waals surface area (Å²) in [6.45, 7) is 8.20. The first-order valence-electron chi connectivity index (χ1n) is 12.3. The van der Waals surface area contributed by atoms with E-state index in [2.05, 4.69) is 61.1 Å². The van der Waals surface area contributed by atoms with Crippen LogP contribution in [0.25, 0.3) is 11.3 Å². The Morgan fingerprint density at radius 2 is 1.75 bits per heavy atom. The highest BCUT2D eigenvalue weighted by atomic mass is 32.1. The van der Waals surface area contributed by atoms with Crippen molar-refractivity contribution < 1.29 is 4.79 Å². The molecular formula is C29H35N5OS. The third kappa shape index (κ3) is 6.22. The maximum absolute atomic E-state index is 13.7. The van der Waals surface area contributed by atoms with Crippen LogP contribution in [0.4, 0.5) is 9.80 Å². The maximum atomic E-state index is 13.7. The van der Waals surface area contributed by atoms with Crippen molar-refractivity contribution >= 4 is 22.4 Å². The molecule has 0 aliphatic carbocycles. The van der Waals surface area contributed by atoms with Crippen molar-refractivity contribution in [2.24, 2.45) is 11.1 Å². The lowest BCUT2D eigenvalue weighted by molar-refractivity contribution is 0.116. The molecule has 0 spiro atoms. The number of nitrogens with zero attached hydrogens (tertiary/aromatic N) is 3. The molecule has 0 fully saturated rings. The number of carbonyl (C=O) groups excluding carboxylic acids is 1. The van der Waals surface area contributed by atoms with E-state index >= 15 is 0 Å². The van der Waals surface area contributed by atoms with Crippen LogP contribution >= 0.6 is 11.3 Å². The summed E-state index contributed by atoms with van der Waals surface area (Å²) in [4.78, 5) is 20.7. The number of hydrogen-bond donors (Lipinski definition) is 2. The second kappa shape index (κ2) is 11.5. The molecule has 0 aliphatic rings. The molecular weight excluding hydrogens is 466 g/mol. The molecule has 4 rings (SSSR count). The molecule has 0 saturated carbocycles. The van der Waals surface area contributed by atoms with E-state index in [1.54, 1.807) is 0 Å². The van der Waals surface area contributed by atoms with E-state index in [0.717, 1.165) is 22.1 Å². The number of rotatable bonds is 9. The molecule has 2 aromatic heterocycles. The van der Waals surface area contributed by atoms with Crippen LogP contribution in [0, 0.1) is 5.41 Å². The van der Waals surface area contributed by atoms with Crippen molar-refractivity contribution in [1.29, 1.82) is 0 Å². The number of anilines is 1. The molecule has 188 valence electrons. The Kier molecular flexibility index (Phi) is 8.23. The number of urea groups is 1. The summed E-state index contributed by atoms with van der Waals surface area (Å²) in [7, 11) is 0. The Labute approximate surface area is 217 Å². The van der Waals surface area contributed by atoms with Crippen LogP contribution in [0.1, 0.15) is 44.6 Å². The first-order valence-corrected chi connectivity index (χ1v) is 13.2. The van der Waals surface area contributed by atoms with E-state index in [0.29, 0.717) is 26.1 Å². The van der Waals surface area contributed by atoms with E-state index in [9.17, 15) is 4.79 Å². The highest BCUT2D eigenvalue weighted by Crippen LogP contribution is 2.39. The molecule has 0 bridgehead atoms. The smallest absolute Gasteiger partial charge is 0.323 e. The number of amides is 2. The van der Waals surface area contributed by atoms with E-state index in [-0.39, 0.29) is 17.5 Å². The van der Waals surface area contributed by atoms with Crippen LogP contribution in [0.3, 0.4) is 0 Å². The van der Waals surface area contributed by atoms with Gasteiger partial charge in [-0.1, -0.05) is 81.4 Å². The van der Waals surface area contributed by atoms with Gasteiger partial charge in [-0.05, 0) is 41.5 Å². The topological polar surface area (TPSA) is 76.2 Å². The van der Waals surface area contributed by atoms with Gasteiger partial charge >= 0.3 is 6.03 Å². The third-order valence-electron chi connectivity index (χ3n) is 6.06. The summed E-state index contributed by atoms with van der Waals surface area (Å²) in [5, 5.41) is 5.87. The summed E-state index contributed by atoms with van der Waals surface area (Å²) in [6.07, 6.45) is 2.81. The molecule has 1 atom stereocenters. The lowest BCUT2D eigenvalue weighted by Crippen LogP contribution is -2.45. The predicted octanol–water partition coefficient (Wildman–Crippen LogP) is 6.63. The number of thiophene rings is 1. The molecule has 6 nitrogen and oxygen atoms in total. The van der Waals surface area contributed by atoms with Crippen LogP contribution in [0.2, 0.25) is 0 Å². The van der Waals surface area contributed by atoms with Gasteiger partial charge in [0, 0.05) is 24.8 Å². The number of nitrogens with one attached hydrogen (secondary N) is 1. The third-order valence-corrected chi connectivity index (χ3v) is 6.85. The molecule has 7 heteroatoms. The standard InChI is InChI=1S/C29H35N5OS/c1-29(2,3)26(34(18-11-17-30)28(35)32-25-16-10-19-36-25)27-31-24(23-14-8-5-9-15-23)21-33(27)20-22-12-6-4-7-13-22/h4-10,12-16,19,21,26H,11,17-18,20,30H2,1-3H3,(H,32,35)/t26-/m0/s1. The largest absolute Gasteiger partial charge is 0.330 e. The van der Waals surface area contributed by atoms with Gasteiger partial charge in [0.15, 0.2) is 0 Å². The molecule has 2 amide bonds. The van der Waals surface area contributed by atoms with Crippen molar-refractivity contribution in [2.75, 3.05) is 18.4 Å². The minimum absolute atomic E-state index is 0.138. The van der Waals surface area contributed by atoms with Gasteiger partial charge in [-0.3, -0.25) is 5.32 Å². The Balaban J connectivity index is 1.81. The summed E-state index contributed by atoms with van der Waals surface area (Å²) >= 11 is 1.51. The van der Waals surface area contributed by atoms with Gasteiger partial charge < -0.3 is 15.2 Å². The van der Waals surface area contributed by atoms with Gasteiger partial charge in [0.2, 0.25) is 0 Å². The molecule has 0 unspecified atom stereocenters. The van der Waals surface area contributed by atoms with Gasteiger partial charge in [-0.25, -0.2) is 9.78 Å². The molecule has 3 N–H and O–H groups in total. The number of hydrogen-bond acceptors (Lipinski definition) is 4. The normalized spacial score (nSPS) is 12.3. The Bertz CT molecular complexity index is 1230. The first-order chi connectivity index (χ1) is 17.4. The molecule has 4 aromatic rings. The summed E-state index contributed by atoms with van der Waals surface area (Å²) in [6, 6.07) is 24.0. The molecule has 0 saturated heterocycles. The fourth-order valence-corrected chi connectivity index (χ4v) is 5.04. The number of benzene rings is 2. The van der Waals surface area contributed by atoms with Gasteiger partial charge in [0.05, 0.1) is 16.7 Å². The lowest BCUT2D eigenvalue weighted by atomic mass is 9.84. The quantitative estimate of drug-likeness (QED) is 0.270. The van der Waals surface area contributed by atoms with E-state index in [1.165, 1.54) is 16.9 Å². The van der Waals surface area contributed by atoms with Crippen LogP contribution in [-0.2, 0) is 6.54 Å². The molecule has 36 heavy (non-hydrogen) atoms. The van der Waals surface area contributed by atoms with Crippen molar-refractivity contribution in [3.8, 4) is 11.3 Å². The maximum Gasteiger partial charge on any atom is 0.323 e. The van der Waals surface area contributed by atoms with Crippen LogP contribution in [0.5, 0.6) is 0 Å². The number of imidazole rings is 1. The van der Waals surface area contributed by atoms with Crippen LogP contribution < -0.4 is 11.1 Å². The predicted molar refractivity (Wildman–Crippen MR) is 149 cm³/mol. The zero-order chi connectivity index (χ0) is 25.5. The Hall–Kier alpha value is -3.42. The second-order valence-corrected chi connectivity index (χ2v) is 10.9. The summed E-state index contributed by atoms with van der Waals surface area (Å²) in [5.41, 5.74) is 8.74. The van der Waals surface area contributed by atoms with Crippen molar-refractivity contribution in [2.45, 2.75) is 39.8 Å². The van der Waals surface area contributed by atoms with Gasteiger partial charge in [-0.15, -0.1) is 11.3 Å². The molecule has 2 heterocycles. The SMILES string of the molecule is CC(C)(C)[C@H](c1nc(-c2ccccc2)cn1Cc1ccccc1)N(CCCN)C(=O)Nc1cccs1. The minimum Gasteiger partial charge on any atom is -0.330 e. The summed E-state index contributed by atoms with van der Waals surface area (Å²) < 4.78 is 2.20. The van der Waals surface area contributed by atoms with Gasteiger partial charge in [0.1, 0.15) is 5.82 Å². The number of nitrogens with two attached hydrogens (primary N) is 1. The van der Waals surface area contributed by atoms with Gasteiger partial charge in [-0.2, -0.15) is 0 Å². The average molecular weight is 502 g/mol. The monoisotopic (exact) mass is 501 g/mol. The molecule has 2 aromatic carbocycles. The highest BCUT2D eigenvalue weighted by molar-refractivity contribution is 7.14. The van der Waals surface area contributed by atoms with Crippen LogP contribution in [0.15, 0.2) is 84.4 Å².